The maximum atomic E-state index is 9.71. The van der Waals surface area contributed by atoms with Crippen molar-refractivity contribution in [2.24, 2.45) is 11.8 Å². The van der Waals surface area contributed by atoms with E-state index in [9.17, 15) is 5.26 Å². The van der Waals surface area contributed by atoms with Gasteiger partial charge in [0.2, 0.25) is 0 Å². The lowest BCUT2D eigenvalue weighted by Gasteiger charge is -2.37. The molecule has 0 aromatic heterocycles. The predicted octanol–water partition coefficient (Wildman–Crippen LogP) is 2.14. The van der Waals surface area contributed by atoms with Gasteiger partial charge in [0.15, 0.2) is 0 Å². The summed E-state index contributed by atoms with van der Waals surface area (Å²) < 4.78 is 0. The first-order valence-electron chi connectivity index (χ1n) is 7.63. The number of nitrogens with one attached hydrogen (secondary N) is 1. The maximum absolute atomic E-state index is 9.71. The number of rotatable bonds is 5. The summed E-state index contributed by atoms with van der Waals surface area (Å²) >= 11 is 0. The summed E-state index contributed by atoms with van der Waals surface area (Å²) in [5, 5.41) is 13.4. The van der Waals surface area contributed by atoms with Gasteiger partial charge in [0.25, 0.3) is 0 Å². The summed E-state index contributed by atoms with van der Waals surface area (Å²) in [5.74, 6) is 1.48. The molecule has 3 rings (SSSR count). The van der Waals surface area contributed by atoms with Crippen LogP contribution in [0.1, 0.15) is 45.4 Å². The van der Waals surface area contributed by atoms with Crippen molar-refractivity contribution in [1.82, 2.24) is 10.2 Å². The molecule has 3 aliphatic rings. The molecular formula is C15H25N3. The first kappa shape index (κ1) is 12.4. The summed E-state index contributed by atoms with van der Waals surface area (Å²) in [5.41, 5.74) is -0.234. The van der Waals surface area contributed by atoms with Crippen LogP contribution in [0.3, 0.4) is 0 Å². The molecule has 3 heteroatoms. The minimum Gasteiger partial charge on any atom is -0.300 e. The molecular weight excluding hydrogens is 222 g/mol. The number of hydrogen-bond donors (Lipinski definition) is 1. The minimum atomic E-state index is -0.234. The Morgan fingerprint density at radius 2 is 1.83 bits per heavy atom. The van der Waals surface area contributed by atoms with Crippen molar-refractivity contribution < 1.29 is 0 Å². The number of hydrogen-bond acceptors (Lipinski definition) is 3. The highest BCUT2D eigenvalue weighted by molar-refractivity contribution is 5.18. The van der Waals surface area contributed by atoms with Gasteiger partial charge >= 0.3 is 0 Å². The van der Waals surface area contributed by atoms with Crippen LogP contribution in [0.2, 0.25) is 0 Å². The van der Waals surface area contributed by atoms with Crippen molar-refractivity contribution in [3.63, 3.8) is 0 Å². The van der Waals surface area contributed by atoms with Crippen molar-refractivity contribution >= 4 is 0 Å². The van der Waals surface area contributed by atoms with Gasteiger partial charge in [-0.25, -0.2) is 0 Å². The van der Waals surface area contributed by atoms with E-state index in [-0.39, 0.29) is 5.54 Å². The van der Waals surface area contributed by atoms with E-state index in [0.29, 0.717) is 12.0 Å². The standard InChI is InChI=1S/C15H25N3/c1-12-6-8-18(9-7-12)11-15(10-16,13-2-3-13)17-14-4-5-14/h12-14,17H,2-9,11H2,1H3. The second kappa shape index (κ2) is 4.83. The molecule has 1 N–H and O–H groups in total. The van der Waals surface area contributed by atoms with Gasteiger partial charge in [-0.3, -0.25) is 5.32 Å². The van der Waals surface area contributed by atoms with Gasteiger partial charge in [-0.05, 0) is 63.5 Å². The summed E-state index contributed by atoms with van der Waals surface area (Å²) in [4.78, 5) is 2.52. The van der Waals surface area contributed by atoms with Crippen LogP contribution in [-0.4, -0.2) is 36.1 Å². The molecule has 0 bridgehead atoms. The topological polar surface area (TPSA) is 39.1 Å². The molecule has 1 heterocycles. The second-order valence-electron chi connectivity index (χ2n) is 6.73. The number of nitriles is 1. The average molecular weight is 247 g/mol. The zero-order valence-electron chi connectivity index (χ0n) is 11.5. The van der Waals surface area contributed by atoms with E-state index in [2.05, 4.69) is 23.2 Å². The first-order valence-corrected chi connectivity index (χ1v) is 7.63. The van der Waals surface area contributed by atoms with Crippen molar-refractivity contribution in [3.8, 4) is 6.07 Å². The lowest BCUT2D eigenvalue weighted by Crippen LogP contribution is -2.56. The van der Waals surface area contributed by atoms with Gasteiger partial charge in [-0.15, -0.1) is 0 Å². The molecule has 0 spiro atoms. The second-order valence-corrected chi connectivity index (χ2v) is 6.73. The Morgan fingerprint density at radius 1 is 1.17 bits per heavy atom. The lowest BCUT2D eigenvalue weighted by molar-refractivity contribution is 0.146. The van der Waals surface area contributed by atoms with Crippen molar-refractivity contribution in [2.45, 2.75) is 57.0 Å². The largest absolute Gasteiger partial charge is 0.300 e. The quantitative estimate of drug-likeness (QED) is 0.809. The van der Waals surface area contributed by atoms with Crippen LogP contribution in [0.5, 0.6) is 0 Å². The maximum Gasteiger partial charge on any atom is 0.122 e. The lowest BCUT2D eigenvalue weighted by atomic mass is 9.91. The Balaban J connectivity index is 1.63. The monoisotopic (exact) mass is 247 g/mol. The van der Waals surface area contributed by atoms with Gasteiger partial charge < -0.3 is 4.90 Å². The molecule has 0 amide bonds. The Morgan fingerprint density at radius 3 is 2.33 bits per heavy atom. The highest BCUT2D eigenvalue weighted by Gasteiger charge is 2.49. The predicted molar refractivity (Wildman–Crippen MR) is 72.1 cm³/mol. The fourth-order valence-corrected chi connectivity index (χ4v) is 3.19. The third-order valence-corrected chi connectivity index (χ3v) is 4.86. The van der Waals surface area contributed by atoms with Crippen molar-refractivity contribution in [2.75, 3.05) is 19.6 Å². The van der Waals surface area contributed by atoms with Gasteiger partial charge in [0, 0.05) is 12.6 Å². The Kier molecular flexibility index (Phi) is 3.34. The van der Waals surface area contributed by atoms with Gasteiger partial charge in [0.1, 0.15) is 5.54 Å². The van der Waals surface area contributed by atoms with E-state index in [1.165, 1.54) is 51.6 Å². The zero-order chi connectivity index (χ0) is 12.6. The fraction of sp³-hybridized carbons (Fsp3) is 0.933. The minimum absolute atomic E-state index is 0.234. The molecule has 3 fully saturated rings. The fourth-order valence-electron chi connectivity index (χ4n) is 3.19. The first-order chi connectivity index (χ1) is 8.72. The molecule has 100 valence electrons. The molecule has 2 aliphatic carbocycles. The van der Waals surface area contributed by atoms with Crippen LogP contribution in [-0.2, 0) is 0 Å². The Bertz CT molecular complexity index is 332. The zero-order valence-corrected chi connectivity index (χ0v) is 11.5. The van der Waals surface area contributed by atoms with Gasteiger partial charge in [0.05, 0.1) is 6.07 Å². The van der Waals surface area contributed by atoms with E-state index >= 15 is 0 Å². The number of likely N-dealkylation sites (tertiary alicyclic amines) is 1. The van der Waals surface area contributed by atoms with E-state index in [1.807, 2.05) is 0 Å². The summed E-state index contributed by atoms with van der Waals surface area (Å²) in [6.07, 6.45) is 7.64. The Labute approximate surface area is 111 Å². The van der Waals surface area contributed by atoms with Gasteiger partial charge in [-0.1, -0.05) is 6.92 Å². The van der Waals surface area contributed by atoms with Crippen LogP contribution in [0.4, 0.5) is 0 Å². The highest BCUT2D eigenvalue weighted by atomic mass is 15.2. The molecule has 1 aliphatic heterocycles. The normalized spacial score (nSPS) is 29.8. The SMILES string of the molecule is CC1CCN(CC(C#N)(NC2CC2)C2CC2)CC1. The average Bonchev–Trinajstić information content (AvgIpc) is 3.24. The molecule has 0 aromatic carbocycles. The molecule has 0 aromatic rings. The smallest absolute Gasteiger partial charge is 0.122 e. The highest BCUT2D eigenvalue weighted by Crippen LogP contribution is 2.42. The molecule has 3 nitrogen and oxygen atoms in total. The van der Waals surface area contributed by atoms with E-state index in [1.54, 1.807) is 0 Å². The van der Waals surface area contributed by atoms with E-state index in [4.69, 9.17) is 0 Å². The third-order valence-electron chi connectivity index (χ3n) is 4.86. The third kappa shape index (κ3) is 2.70. The summed E-state index contributed by atoms with van der Waals surface area (Å²) in [7, 11) is 0. The van der Waals surface area contributed by atoms with Crippen LogP contribution < -0.4 is 5.32 Å². The van der Waals surface area contributed by atoms with Crippen LogP contribution in [0.15, 0.2) is 0 Å². The molecule has 1 saturated heterocycles. The van der Waals surface area contributed by atoms with E-state index < -0.39 is 0 Å². The number of piperidine rings is 1. The van der Waals surface area contributed by atoms with Crippen molar-refractivity contribution in [1.29, 1.82) is 5.26 Å². The molecule has 0 radical (unpaired) electrons. The molecule has 2 saturated carbocycles. The number of nitrogens with zero attached hydrogens (tertiary/aromatic N) is 2. The summed E-state index contributed by atoms with van der Waals surface area (Å²) in [6, 6.07) is 3.29. The molecule has 18 heavy (non-hydrogen) atoms. The van der Waals surface area contributed by atoms with Crippen molar-refractivity contribution in [3.05, 3.63) is 0 Å². The van der Waals surface area contributed by atoms with Crippen LogP contribution in [0, 0.1) is 23.2 Å². The molecule has 1 atom stereocenters. The van der Waals surface area contributed by atoms with Gasteiger partial charge in [-0.2, -0.15) is 5.26 Å². The van der Waals surface area contributed by atoms with E-state index in [0.717, 1.165) is 12.5 Å². The summed E-state index contributed by atoms with van der Waals surface area (Å²) in [6.45, 7) is 5.67. The van der Waals surface area contributed by atoms with Crippen LogP contribution >= 0.6 is 0 Å². The molecule has 1 unspecified atom stereocenters. The Hall–Kier alpha value is -0.590. The van der Waals surface area contributed by atoms with Crippen LogP contribution in [0.25, 0.3) is 0 Å².